The van der Waals surface area contributed by atoms with E-state index in [4.69, 9.17) is 32.7 Å². The zero-order chi connectivity index (χ0) is 22.1. The molecule has 0 radical (unpaired) electrons. The van der Waals surface area contributed by atoms with E-state index in [1.165, 1.54) is 4.90 Å². The Morgan fingerprint density at radius 2 is 1.73 bits per heavy atom. The summed E-state index contributed by atoms with van der Waals surface area (Å²) in [5.74, 6) is 0.674. The number of halogens is 2. The van der Waals surface area contributed by atoms with Crippen molar-refractivity contribution in [1.82, 2.24) is 10.2 Å². The van der Waals surface area contributed by atoms with Gasteiger partial charge in [-0.3, -0.25) is 9.59 Å². The normalized spacial score (nSPS) is 11.5. The van der Waals surface area contributed by atoms with Gasteiger partial charge >= 0.3 is 0 Å². The zero-order valence-corrected chi connectivity index (χ0v) is 18.8. The van der Waals surface area contributed by atoms with Crippen molar-refractivity contribution in [2.75, 3.05) is 20.3 Å². The number of hydrogen-bond donors (Lipinski definition) is 1. The first-order valence-corrected chi connectivity index (χ1v) is 10.4. The maximum absolute atomic E-state index is 13.1. The van der Waals surface area contributed by atoms with Gasteiger partial charge in [-0.15, -0.1) is 0 Å². The molecule has 2 aromatic rings. The largest absolute Gasteiger partial charge is 0.497 e. The van der Waals surface area contributed by atoms with Crippen molar-refractivity contribution >= 4 is 35.0 Å². The summed E-state index contributed by atoms with van der Waals surface area (Å²) in [6.45, 7) is 4.11. The topological polar surface area (TPSA) is 67.9 Å². The highest BCUT2D eigenvalue weighted by Crippen LogP contribution is 2.24. The molecule has 0 saturated carbocycles. The molecule has 0 aromatic heterocycles. The molecule has 0 spiro atoms. The summed E-state index contributed by atoms with van der Waals surface area (Å²) in [5, 5.41) is 3.72. The number of carbonyl (C=O) groups excluding carboxylic acids is 2. The Morgan fingerprint density at radius 3 is 2.30 bits per heavy atom. The van der Waals surface area contributed by atoms with Crippen LogP contribution in [0.1, 0.15) is 25.8 Å². The number of nitrogens with zero attached hydrogens (tertiary/aromatic N) is 1. The first-order valence-electron chi connectivity index (χ1n) is 9.67. The molecule has 0 bridgehead atoms. The first kappa shape index (κ1) is 23.8. The molecule has 2 rings (SSSR count). The van der Waals surface area contributed by atoms with Gasteiger partial charge in [0.25, 0.3) is 5.91 Å². The number of ether oxygens (including phenoxy) is 2. The summed E-state index contributed by atoms with van der Waals surface area (Å²) < 4.78 is 10.8. The SMILES string of the molecule is CCNC(=O)C(CC)N(Cc1ccc(Cl)cc1Cl)C(=O)COc1ccc(OC)cc1. The second-order valence-electron chi connectivity index (χ2n) is 6.54. The van der Waals surface area contributed by atoms with Crippen LogP contribution in [0.3, 0.4) is 0 Å². The summed E-state index contributed by atoms with van der Waals surface area (Å²) in [6, 6.07) is 11.3. The minimum absolute atomic E-state index is 0.163. The number of methoxy groups -OCH3 is 1. The van der Waals surface area contributed by atoms with Crippen LogP contribution >= 0.6 is 23.2 Å². The van der Waals surface area contributed by atoms with Gasteiger partial charge in [0.1, 0.15) is 17.5 Å². The van der Waals surface area contributed by atoms with Crippen molar-refractivity contribution in [3.63, 3.8) is 0 Å². The van der Waals surface area contributed by atoms with E-state index in [2.05, 4.69) is 5.32 Å². The lowest BCUT2D eigenvalue weighted by Crippen LogP contribution is -2.50. The van der Waals surface area contributed by atoms with E-state index in [-0.39, 0.29) is 25.0 Å². The van der Waals surface area contributed by atoms with Gasteiger partial charge in [0.2, 0.25) is 5.91 Å². The Morgan fingerprint density at radius 1 is 1.07 bits per heavy atom. The summed E-state index contributed by atoms with van der Waals surface area (Å²) in [7, 11) is 1.57. The third-order valence-electron chi connectivity index (χ3n) is 4.51. The monoisotopic (exact) mass is 452 g/mol. The minimum Gasteiger partial charge on any atom is -0.497 e. The zero-order valence-electron chi connectivity index (χ0n) is 17.3. The number of benzene rings is 2. The number of amides is 2. The van der Waals surface area contributed by atoms with Crippen molar-refractivity contribution in [3.05, 3.63) is 58.1 Å². The number of carbonyl (C=O) groups is 2. The maximum Gasteiger partial charge on any atom is 0.261 e. The molecule has 0 aliphatic carbocycles. The van der Waals surface area contributed by atoms with E-state index < -0.39 is 6.04 Å². The fourth-order valence-corrected chi connectivity index (χ4v) is 3.41. The molecular weight excluding hydrogens is 427 g/mol. The quantitative estimate of drug-likeness (QED) is 0.582. The van der Waals surface area contributed by atoms with Crippen LogP contribution in [-0.4, -0.2) is 43.0 Å². The van der Waals surface area contributed by atoms with Crippen LogP contribution in [0.15, 0.2) is 42.5 Å². The fraction of sp³-hybridized carbons (Fsp3) is 0.364. The first-order chi connectivity index (χ1) is 14.4. The molecule has 2 amide bonds. The van der Waals surface area contributed by atoms with E-state index in [9.17, 15) is 9.59 Å². The average Bonchev–Trinajstić information content (AvgIpc) is 2.74. The molecule has 1 atom stereocenters. The highest BCUT2D eigenvalue weighted by molar-refractivity contribution is 6.35. The Bertz CT molecular complexity index is 859. The Kier molecular flexibility index (Phi) is 9.27. The Hall–Kier alpha value is -2.44. The second kappa shape index (κ2) is 11.7. The van der Waals surface area contributed by atoms with Gasteiger partial charge in [0.15, 0.2) is 6.61 Å². The number of rotatable bonds is 10. The van der Waals surface area contributed by atoms with Crippen molar-refractivity contribution in [1.29, 1.82) is 0 Å². The molecule has 2 aromatic carbocycles. The Labute approximate surface area is 187 Å². The van der Waals surface area contributed by atoms with Gasteiger partial charge < -0.3 is 19.7 Å². The molecule has 8 heteroatoms. The van der Waals surface area contributed by atoms with Gasteiger partial charge in [0, 0.05) is 23.1 Å². The lowest BCUT2D eigenvalue weighted by Gasteiger charge is -2.30. The maximum atomic E-state index is 13.1. The predicted molar refractivity (Wildman–Crippen MR) is 118 cm³/mol. The number of likely N-dealkylation sites (N-methyl/N-ethyl adjacent to an activating group) is 1. The highest BCUT2D eigenvalue weighted by Gasteiger charge is 2.29. The lowest BCUT2D eigenvalue weighted by molar-refractivity contribution is -0.142. The third-order valence-corrected chi connectivity index (χ3v) is 5.10. The second-order valence-corrected chi connectivity index (χ2v) is 7.38. The summed E-state index contributed by atoms with van der Waals surface area (Å²) >= 11 is 12.3. The minimum atomic E-state index is -0.649. The summed E-state index contributed by atoms with van der Waals surface area (Å²) in [5.41, 5.74) is 0.696. The molecule has 0 heterocycles. The predicted octanol–water partition coefficient (Wildman–Crippen LogP) is 4.32. The van der Waals surface area contributed by atoms with Gasteiger partial charge in [0.05, 0.1) is 7.11 Å². The molecule has 1 unspecified atom stereocenters. The van der Waals surface area contributed by atoms with E-state index in [0.717, 1.165) is 0 Å². The highest BCUT2D eigenvalue weighted by atomic mass is 35.5. The van der Waals surface area contributed by atoms with Crippen molar-refractivity contribution in [2.24, 2.45) is 0 Å². The van der Waals surface area contributed by atoms with Gasteiger partial charge in [-0.25, -0.2) is 0 Å². The van der Waals surface area contributed by atoms with E-state index >= 15 is 0 Å². The molecule has 0 saturated heterocycles. The fourth-order valence-electron chi connectivity index (χ4n) is 2.94. The van der Waals surface area contributed by atoms with Crippen LogP contribution in [0.4, 0.5) is 0 Å². The lowest BCUT2D eigenvalue weighted by atomic mass is 10.1. The van der Waals surface area contributed by atoms with Gasteiger partial charge in [-0.1, -0.05) is 36.2 Å². The van der Waals surface area contributed by atoms with Gasteiger partial charge in [-0.2, -0.15) is 0 Å². The van der Waals surface area contributed by atoms with Crippen LogP contribution in [0, 0.1) is 0 Å². The molecule has 0 fully saturated rings. The molecule has 30 heavy (non-hydrogen) atoms. The number of nitrogens with one attached hydrogen (secondary N) is 1. The summed E-state index contributed by atoms with van der Waals surface area (Å²) in [4.78, 5) is 27.1. The summed E-state index contributed by atoms with van der Waals surface area (Å²) in [6.07, 6.45) is 0.450. The van der Waals surface area contributed by atoms with Crippen LogP contribution in [0.2, 0.25) is 10.0 Å². The molecule has 1 N–H and O–H groups in total. The molecule has 162 valence electrons. The standard InChI is InChI=1S/C22H26Cl2N2O4/c1-4-20(22(28)25-5-2)26(13-15-6-7-16(23)12-19(15)24)21(27)14-30-18-10-8-17(29-3)9-11-18/h6-12,20H,4-5,13-14H2,1-3H3,(H,25,28). The molecule has 0 aliphatic heterocycles. The molecule has 6 nitrogen and oxygen atoms in total. The van der Waals surface area contributed by atoms with Crippen LogP contribution < -0.4 is 14.8 Å². The van der Waals surface area contributed by atoms with Crippen molar-refractivity contribution in [3.8, 4) is 11.5 Å². The van der Waals surface area contributed by atoms with E-state index in [0.29, 0.717) is 40.1 Å². The average molecular weight is 453 g/mol. The smallest absolute Gasteiger partial charge is 0.261 e. The van der Waals surface area contributed by atoms with Crippen LogP contribution in [0.25, 0.3) is 0 Å². The van der Waals surface area contributed by atoms with Crippen LogP contribution in [0.5, 0.6) is 11.5 Å². The van der Waals surface area contributed by atoms with Gasteiger partial charge in [-0.05, 0) is 55.3 Å². The number of hydrogen-bond acceptors (Lipinski definition) is 4. The van der Waals surface area contributed by atoms with E-state index in [1.54, 1.807) is 49.6 Å². The van der Waals surface area contributed by atoms with Crippen molar-refractivity contribution < 1.29 is 19.1 Å². The molecular formula is C22H26Cl2N2O4. The van der Waals surface area contributed by atoms with Crippen LogP contribution in [-0.2, 0) is 16.1 Å². The Balaban J connectivity index is 2.21. The van der Waals surface area contributed by atoms with Crippen molar-refractivity contribution in [2.45, 2.75) is 32.9 Å². The third kappa shape index (κ3) is 6.54. The molecule has 0 aliphatic rings. The van der Waals surface area contributed by atoms with E-state index in [1.807, 2.05) is 13.8 Å².